The molecule has 0 atom stereocenters. The Kier molecular flexibility index (Phi) is 6.75. The Morgan fingerprint density at radius 2 is 1.96 bits per heavy atom. The van der Waals surface area contributed by atoms with Gasteiger partial charge in [-0.3, -0.25) is 4.99 Å². The lowest BCUT2D eigenvalue weighted by Crippen LogP contribution is -2.45. The summed E-state index contributed by atoms with van der Waals surface area (Å²) in [5.74, 6) is 2.58. The van der Waals surface area contributed by atoms with E-state index >= 15 is 0 Å². The van der Waals surface area contributed by atoms with Gasteiger partial charge in [0.2, 0.25) is 6.79 Å². The molecule has 2 N–H and O–H groups in total. The Labute approximate surface area is 171 Å². The SMILES string of the molecule is CN=C(NCC(C)(C)SC)NCC1(c2ccc3c(c2)OCO3)CC1.I. The first-order chi connectivity index (χ1) is 11.5. The van der Waals surface area contributed by atoms with Crippen LogP contribution in [0, 0.1) is 0 Å². The molecule has 1 aromatic rings. The average molecular weight is 477 g/mol. The number of aliphatic imine (C=N–C) groups is 1. The highest BCUT2D eigenvalue weighted by molar-refractivity contribution is 14.0. The van der Waals surface area contributed by atoms with Gasteiger partial charge in [0.1, 0.15) is 0 Å². The minimum Gasteiger partial charge on any atom is -0.454 e. The Bertz CT molecular complexity index is 633. The first-order valence-corrected chi connectivity index (χ1v) is 9.60. The molecule has 1 fully saturated rings. The highest BCUT2D eigenvalue weighted by atomic mass is 127. The summed E-state index contributed by atoms with van der Waals surface area (Å²) in [5.41, 5.74) is 1.51. The second-order valence-electron chi connectivity index (χ2n) is 7.09. The normalized spacial score (nSPS) is 17.7. The van der Waals surface area contributed by atoms with Crippen LogP contribution in [0.5, 0.6) is 11.5 Å². The van der Waals surface area contributed by atoms with Gasteiger partial charge >= 0.3 is 0 Å². The highest BCUT2D eigenvalue weighted by Gasteiger charge is 2.44. The number of hydrogen-bond acceptors (Lipinski definition) is 4. The van der Waals surface area contributed by atoms with Crippen molar-refractivity contribution in [1.82, 2.24) is 10.6 Å². The van der Waals surface area contributed by atoms with Crippen molar-refractivity contribution >= 4 is 41.7 Å². The van der Waals surface area contributed by atoms with Crippen molar-refractivity contribution in [3.05, 3.63) is 23.8 Å². The number of rotatable bonds is 6. The summed E-state index contributed by atoms with van der Waals surface area (Å²) in [5, 5.41) is 6.92. The number of nitrogens with one attached hydrogen (secondary N) is 2. The largest absolute Gasteiger partial charge is 0.454 e. The lowest BCUT2D eigenvalue weighted by Gasteiger charge is -2.25. The van der Waals surface area contributed by atoms with E-state index < -0.39 is 0 Å². The Balaban J connectivity index is 0.00000225. The second-order valence-corrected chi connectivity index (χ2v) is 8.60. The maximum Gasteiger partial charge on any atom is 0.231 e. The predicted octanol–water partition coefficient (Wildman–Crippen LogP) is 3.37. The fraction of sp³-hybridized carbons (Fsp3) is 0.611. The molecule has 5 nitrogen and oxygen atoms in total. The smallest absolute Gasteiger partial charge is 0.231 e. The molecule has 25 heavy (non-hydrogen) atoms. The fourth-order valence-electron chi connectivity index (χ4n) is 2.79. The number of ether oxygens (including phenoxy) is 2. The number of nitrogens with zero attached hydrogens (tertiary/aromatic N) is 1. The van der Waals surface area contributed by atoms with E-state index in [1.807, 2.05) is 24.9 Å². The molecule has 1 aliphatic heterocycles. The van der Waals surface area contributed by atoms with Gasteiger partial charge in [0, 0.05) is 30.3 Å². The molecule has 0 amide bonds. The van der Waals surface area contributed by atoms with Crippen LogP contribution < -0.4 is 20.1 Å². The minimum atomic E-state index is 0. The van der Waals surface area contributed by atoms with E-state index in [9.17, 15) is 0 Å². The van der Waals surface area contributed by atoms with E-state index in [4.69, 9.17) is 9.47 Å². The van der Waals surface area contributed by atoms with E-state index in [1.165, 1.54) is 18.4 Å². The molecular formula is C18H28IN3O2S. The van der Waals surface area contributed by atoms with Gasteiger partial charge in [0.15, 0.2) is 17.5 Å². The summed E-state index contributed by atoms with van der Waals surface area (Å²) >= 11 is 1.85. The lowest BCUT2D eigenvalue weighted by atomic mass is 9.95. The van der Waals surface area contributed by atoms with Crippen molar-refractivity contribution in [2.24, 2.45) is 4.99 Å². The van der Waals surface area contributed by atoms with Crippen molar-refractivity contribution < 1.29 is 9.47 Å². The van der Waals surface area contributed by atoms with Gasteiger partial charge in [-0.1, -0.05) is 6.07 Å². The van der Waals surface area contributed by atoms with E-state index in [1.54, 1.807) is 0 Å². The van der Waals surface area contributed by atoms with Gasteiger partial charge in [-0.05, 0) is 50.6 Å². The standard InChI is InChI=1S/C18H27N3O2S.HI/c1-17(2,24-4)10-20-16(19-3)21-11-18(7-8-18)13-5-6-14-15(9-13)23-12-22-14;/h5-6,9H,7-8,10-12H2,1-4H3,(H2,19,20,21);1H. The van der Waals surface area contributed by atoms with Gasteiger partial charge in [-0.2, -0.15) is 11.8 Å². The van der Waals surface area contributed by atoms with Crippen LogP contribution in [0.2, 0.25) is 0 Å². The number of halogens is 1. The topological polar surface area (TPSA) is 54.9 Å². The molecule has 0 spiro atoms. The van der Waals surface area contributed by atoms with Crippen LogP contribution in [0.15, 0.2) is 23.2 Å². The molecule has 1 aromatic carbocycles. The van der Waals surface area contributed by atoms with Gasteiger partial charge in [-0.25, -0.2) is 0 Å². The first-order valence-electron chi connectivity index (χ1n) is 8.38. The molecular weight excluding hydrogens is 449 g/mol. The lowest BCUT2D eigenvalue weighted by molar-refractivity contribution is 0.174. The Hall–Kier alpha value is -0.830. The second kappa shape index (κ2) is 8.24. The molecule has 1 heterocycles. The van der Waals surface area contributed by atoms with E-state index in [0.717, 1.165) is 30.5 Å². The molecule has 2 aliphatic rings. The van der Waals surface area contributed by atoms with E-state index in [0.29, 0.717) is 6.79 Å². The van der Waals surface area contributed by atoms with Crippen LogP contribution in [0.4, 0.5) is 0 Å². The maximum absolute atomic E-state index is 5.52. The highest BCUT2D eigenvalue weighted by Crippen LogP contribution is 2.49. The summed E-state index contributed by atoms with van der Waals surface area (Å²) in [7, 11) is 1.82. The Morgan fingerprint density at radius 1 is 1.24 bits per heavy atom. The third kappa shape index (κ3) is 4.87. The van der Waals surface area contributed by atoms with Crippen molar-refractivity contribution in [3.63, 3.8) is 0 Å². The minimum absolute atomic E-state index is 0. The van der Waals surface area contributed by atoms with E-state index in [2.05, 4.69) is 47.9 Å². The molecule has 3 rings (SSSR count). The summed E-state index contributed by atoms with van der Waals surface area (Å²) < 4.78 is 11.1. The fourth-order valence-corrected chi connectivity index (χ4v) is 3.00. The van der Waals surface area contributed by atoms with Gasteiger partial charge < -0.3 is 20.1 Å². The van der Waals surface area contributed by atoms with Crippen LogP contribution in [0.25, 0.3) is 0 Å². The zero-order valence-corrected chi connectivity index (χ0v) is 18.5. The molecule has 0 unspecified atom stereocenters. The molecule has 0 bridgehead atoms. The van der Waals surface area contributed by atoms with Crippen molar-refractivity contribution in [2.75, 3.05) is 33.2 Å². The van der Waals surface area contributed by atoms with Crippen LogP contribution in [0.1, 0.15) is 32.3 Å². The third-order valence-electron chi connectivity index (χ3n) is 4.89. The van der Waals surface area contributed by atoms with Gasteiger partial charge in [-0.15, -0.1) is 24.0 Å². The number of thioether (sulfide) groups is 1. The van der Waals surface area contributed by atoms with Crippen LogP contribution >= 0.6 is 35.7 Å². The quantitative estimate of drug-likeness (QED) is 0.374. The van der Waals surface area contributed by atoms with Crippen LogP contribution in [-0.2, 0) is 5.41 Å². The molecule has 140 valence electrons. The number of fused-ring (bicyclic) bond motifs is 1. The summed E-state index contributed by atoms with van der Waals surface area (Å²) in [4.78, 5) is 4.35. The third-order valence-corrected chi connectivity index (χ3v) is 6.14. The summed E-state index contributed by atoms with van der Waals surface area (Å²) in [6.45, 7) is 6.54. The zero-order chi connectivity index (χ0) is 17.2. The number of hydrogen-bond donors (Lipinski definition) is 2. The monoisotopic (exact) mass is 477 g/mol. The molecule has 0 aromatic heterocycles. The van der Waals surface area contributed by atoms with E-state index in [-0.39, 0.29) is 34.1 Å². The molecule has 0 saturated heterocycles. The molecule has 7 heteroatoms. The molecule has 1 aliphatic carbocycles. The summed E-state index contributed by atoms with van der Waals surface area (Å²) in [6.07, 6.45) is 4.51. The first kappa shape index (κ1) is 20.5. The number of guanidine groups is 1. The zero-order valence-electron chi connectivity index (χ0n) is 15.3. The maximum atomic E-state index is 5.52. The van der Waals surface area contributed by atoms with Gasteiger partial charge in [0.25, 0.3) is 0 Å². The predicted molar refractivity (Wildman–Crippen MR) is 116 cm³/mol. The van der Waals surface area contributed by atoms with Gasteiger partial charge in [0.05, 0.1) is 0 Å². The Morgan fingerprint density at radius 3 is 2.60 bits per heavy atom. The van der Waals surface area contributed by atoms with Crippen molar-refractivity contribution in [1.29, 1.82) is 0 Å². The molecule has 0 radical (unpaired) electrons. The average Bonchev–Trinajstić information content (AvgIpc) is 3.23. The van der Waals surface area contributed by atoms with Crippen molar-refractivity contribution in [3.8, 4) is 11.5 Å². The van der Waals surface area contributed by atoms with Crippen LogP contribution in [0.3, 0.4) is 0 Å². The number of benzene rings is 1. The summed E-state index contributed by atoms with van der Waals surface area (Å²) in [6, 6.07) is 6.31. The molecule has 1 saturated carbocycles. The van der Waals surface area contributed by atoms with Crippen LogP contribution in [-0.4, -0.2) is 43.9 Å². The van der Waals surface area contributed by atoms with Crippen molar-refractivity contribution in [2.45, 2.75) is 36.9 Å².